The number of hydrogen-bond donors (Lipinski definition) is 3. The average Bonchev–Trinajstić information content (AvgIpc) is 2.26. The van der Waals surface area contributed by atoms with Crippen molar-refractivity contribution >= 4 is 36.8 Å². The zero-order valence-electron chi connectivity index (χ0n) is 16.9. The first kappa shape index (κ1) is 23.4. The Balaban J connectivity index is 4.47. The molecule has 24 heavy (non-hydrogen) atoms. The lowest BCUT2D eigenvalue weighted by atomic mass is 10.2. The molecular formula is C15H37N3O3Si3. The molecule has 0 saturated carbocycles. The van der Waals surface area contributed by atoms with Crippen molar-refractivity contribution in [2.75, 3.05) is 6.54 Å². The van der Waals surface area contributed by atoms with Crippen molar-refractivity contribution in [1.29, 1.82) is 0 Å². The lowest BCUT2D eigenvalue weighted by Crippen LogP contribution is -2.53. The molecular weight excluding hydrogens is 354 g/mol. The lowest BCUT2D eigenvalue weighted by Gasteiger charge is -2.28. The lowest BCUT2D eigenvalue weighted by molar-refractivity contribution is -0.137. The van der Waals surface area contributed by atoms with Gasteiger partial charge in [-0.25, -0.2) is 4.79 Å². The highest BCUT2D eigenvalue weighted by atomic mass is 28.4. The van der Waals surface area contributed by atoms with Crippen molar-refractivity contribution in [3.05, 3.63) is 0 Å². The second-order valence-corrected chi connectivity index (χ2v) is 23.2. The molecule has 0 heterocycles. The van der Waals surface area contributed by atoms with E-state index in [1.54, 1.807) is 0 Å². The molecule has 0 aromatic carbocycles. The van der Waals surface area contributed by atoms with E-state index in [0.29, 0.717) is 13.0 Å². The summed E-state index contributed by atoms with van der Waals surface area (Å²) in [6.07, 6.45) is 1.41. The van der Waals surface area contributed by atoms with Crippen LogP contribution in [0.5, 0.6) is 0 Å². The van der Waals surface area contributed by atoms with Gasteiger partial charge in [-0.15, -0.1) is 0 Å². The predicted molar refractivity (Wildman–Crippen MR) is 109 cm³/mol. The standard InChI is InChI=1S/C15H37N3O3Si3/c1-22(2,3)17-13(14(19)21-24(7,8)9)11-10-12-16-15(20)18-23(4,5)6/h13,17H,10-12H2,1-9H3,(H2,16,18,20)/t13-/m0/s1. The van der Waals surface area contributed by atoms with E-state index in [4.69, 9.17) is 4.43 Å². The van der Waals surface area contributed by atoms with E-state index < -0.39 is 24.8 Å². The molecule has 1 atom stereocenters. The highest BCUT2D eigenvalue weighted by molar-refractivity contribution is 6.75. The number of carbonyl (C=O) groups is 2. The van der Waals surface area contributed by atoms with Gasteiger partial charge in [-0.2, -0.15) is 0 Å². The first-order valence-corrected chi connectivity index (χ1v) is 19.1. The van der Waals surface area contributed by atoms with Crippen molar-refractivity contribution < 1.29 is 14.0 Å². The molecule has 0 aromatic rings. The van der Waals surface area contributed by atoms with Crippen molar-refractivity contribution in [2.45, 2.75) is 77.8 Å². The minimum absolute atomic E-state index is 0.117. The summed E-state index contributed by atoms with van der Waals surface area (Å²) in [4.78, 5) is 30.7. The van der Waals surface area contributed by atoms with Crippen molar-refractivity contribution in [3.63, 3.8) is 0 Å². The fourth-order valence-corrected chi connectivity index (χ4v) is 4.86. The Hall–Kier alpha value is -0.649. The van der Waals surface area contributed by atoms with Gasteiger partial charge in [0.25, 0.3) is 0 Å². The third-order valence-corrected chi connectivity index (χ3v) is 5.75. The van der Waals surface area contributed by atoms with Gasteiger partial charge in [-0.05, 0) is 32.5 Å². The monoisotopic (exact) mass is 391 g/mol. The molecule has 0 rings (SSSR count). The van der Waals surface area contributed by atoms with E-state index >= 15 is 0 Å². The maximum absolute atomic E-state index is 12.4. The number of nitrogens with one attached hydrogen (secondary N) is 3. The molecule has 0 bridgehead atoms. The van der Waals surface area contributed by atoms with Crippen molar-refractivity contribution in [3.8, 4) is 0 Å². The number of amides is 2. The number of rotatable bonds is 9. The smallest absolute Gasteiger partial charge is 0.309 e. The number of carbonyl (C=O) groups excluding carboxylic acids is 2. The zero-order chi connectivity index (χ0) is 19.2. The van der Waals surface area contributed by atoms with Gasteiger partial charge >= 0.3 is 12.0 Å². The number of hydrogen-bond acceptors (Lipinski definition) is 4. The van der Waals surface area contributed by atoms with Crippen LogP contribution in [0.25, 0.3) is 0 Å². The molecule has 0 unspecified atom stereocenters. The molecule has 0 aliphatic rings. The van der Waals surface area contributed by atoms with E-state index in [2.05, 4.69) is 54.6 Å². The third kappa shape index (κ3) is 13.8. The summed E-state index contributed by atoms with van der Waals surface area (Å²) in [5.41, 5.74) is 0. The van der Waals surface area contributed by atoms with Gasteiger partial charge in [-0.1, -0.05) is 39.3 Å². The highest BCUT2D eigenvalue weighted by Crippen LogP contribution is 2.10. The minimum atomic E-state index is -1.90. The maximum atomic E-state index is 12.4. The van der Waals surface area contributed by atoms with Crippen LogP contribution in [-0.2, 0) is 9.22 Å². The summed E-state index contributed by atoms with van der Waals surface area (Å²) in [5, 5.41) is 2.87. The Bertz CT molecular complexity index is 426. The predicted octanol–water partition coefficient (Wildman–Crippen LogP) is 3.07. The topological polar surface area (TPSA) is 79.5 Å². The van der Waals surface area contributed by atoms with Crippen LogP contribution in [0.15, 0.2) is 0 Å². The van der Waals surface area contributed by atoms with Gasteiger partial charge in [-0.3, -0.25) is 4.79 Å². The van der Waals surface area contributed by atoms with E-state index in [9.17, 15) is 9.59 Å². The Morgan fingerprint density at radius 1 is 0.917 bits per heavy atom. The fourth-order valence-electron chi connectivity index (χ4n) is 2.04. The summed E-state index contributed by atoms with van der Waals surface area (Å²) in [6, 6.07) is -0.404. The van der Waals surface area contributed by atoms with Crippen LogP contribution >= 0.6 is 0 Å². The van der Waals surface area contributed by atoms with Crippen LogP contribution in [0.1, 0.15) is 12.8 Å². The molecule has 0 spiro atoms. The van der Waals surface area contributed by atoms with Gasteiger partial charge in [0.15, 0.2) is 0 Å². The summed E-state index contributed by atoms with van der Waals surface area (Å²) in [7, 11) is -5.12. The Morgan fingerprint density at radius 2 is 1.46 bits per heavy atom. The average molecular weight is 392 g/mol. The molecule has 0 fully saturated rings. The fraction of sp³-hybridized carbons (Fsp3) is 0.867. The molecule has 142 valence electrons. The van der Waals surface area contributed by atoms with Crippen molar-refractivity contribution in [2.24, 2.45) is 0 Å². The molecule has 9 heteroatoms. The van der Waals surface area contributed by atoms with Gasteiger partial charge in [0, 0.05) is 6.54 Å². The largest absolute Gasteiger partial charge is 0.519 e. The molecule has 0 aliphatic heterocycles. The molecule has 0 saturated heterocycles. The second-order valence-electron chi connectivity index (χ2n) is 9.25. The van der Waals surface area contributed by atoms with E-state index in [0.717, 1.165) is 6.42 Å². The summed E-state index contributed by atoms with van der Waals surface area (Å²) < 4.78 is 5.66. The molecule has 3 N–H and O–H groups in total. The van der Waals surface area contributed by atoms with Gasteiger partial charge in [0.05, 0.1) is 6.04 Å². The van der Waals surface area contributed by atoms with Crippen LogP contribution in [0.4, 0.5) is 4.79 Å². The van der Waals surface area contributed by atoms with Crippen LogP contribution in [-0.4, -0.2) is 49.4 Å². The summed E-state index contributed by atoms with van der Waals surface area (Å²) in [6.45, 7) is 19.3. The molecule has 2 amide bonds. The van der Waals surface area contributed by atoms with Crippen LogP contribution in [0.3, 0.4) is 0 Å². The van der Waals surface area contributed by atoms with E-state index in [1.807, 2.05) is 19.6 Å². The quantitative estimate of drug-likeness (QED) is 0.417. The number of urea groups is 1. The molecule has 0 aromatic heterocycles. The SMILES string of the molecule is C[Si](C)(C)NC(=O)NCCC[C@H](N[Si](C)(C)C)C(=O)O[Si](C)(C)C. The summed E-state index contributed by atoms with van der Waals surface area (Å²) in [5.74, 6) is -0.150. The minimum Gasteiger partial charge on any atom is -0.519 e. The molecule has 0 aliphatic carbocycles. The van der Waals surface area contributed by atoms with Gasteiger partial charge in [0.1, 0.15) is 16.5 Å². The Labute approximate surface area is 150 Å². The third-order valence-electron chi connectivity index (χ3n) is 2.74. The van der Waals surface area contributed by atoms with E-state index in [-0.39, 0.29) is 18.0 Å². The first-order valence-electron chi connectivity index (χ1n) is 8.66. The second kappa shape index (κ2) is 9.16. The Morgan fingerprint density at radius 3 is 1.88 bits per heavy atom. The first-order chi connectivity index (χ1) is 10.6. The Kier molecular flexibility index (Phi) is 8.91. The summed E-state index contributed by atoms with van der Waals surface area (Å²) >= 11 is 0. The van der Waals surface area contributed by atoms with E-state index in [1.165, 1.54) is 0 Å². The van der Waals surface area contributed by atoms with Gasteiger partial charge < -0.3 is 19.7 Å². The highest BCUT2D eigenvalue weighted by Gasteiger charge is 2.29. The van der Waals surface area contributed by atoms with Crippen LogP contribution in [0.2, 0.25) is 58.9 Å². The normalized spacial score (nSPS) is 14.0. The molecule has 0 radical (unpaired) electrons. The maximum Gasteiger partial charge on any atom is 0.309 e. The zero-order valence-corrected chi connectivity index (χ0v) is 19.9. The van der Waals surface area contributed by atoms with Crippen LogP contribution in [0, 0.1) is 0 Å². The van der Waals surface area contributed by atoms with Crippen molar-refractivity contribution in [1.82, 2.24) is 15.3 Å². The van der Waals surface area contributed by atoms with Crippen LogP contribution < -0.4 is 15.3 Å². The van der Waals surface area contributed by atoms with Gasteiger partial charge in [0.2, 0.25) is 8.32 Å². The molecule has 6 nitrogen and oxygen atoms in total.